The molecule has 6 heterocycles. The number of esters is 3. The molecule has 5 aliphatic heterocycles. The Bertz CT molecular complexity index is 2320. The van der Waals surface area contributed by atoms with E-state index in [1.165, 1.54) is 28.3 Å². The second-order valence-electron chi connectivity index (χ2n) is 18.3. The van der Waals surface area contributed by atoms with Crippen LogP contribution in [0.2, 0.25) is 5.02 Å². The predicted octanol–water partition coefficient (Wildman–Crippen LogP) is 4.64. The summed E-state index contributed by atoms with van der Waals surface area (Å²) >= 11 is 7.75. The molecule has 2 bridgehead atoms. The maximum Gasteiger partial charge on any atom is 0.344 e. The van der Waals surface area contributed by atoms with E-state index < -0.39 is 57.5 Å². The zero-order chi connectivity index (χ0) is 42.7. The number of aliphatic hydroxyl groups is 2. The maximum absolute atomic E-state index is 15.4. The molecule has 1 spiro atoms. The largest absolute Gasteiger partial charge is 0.495 e. The standard InChI is InChI=1S/C46H57ClN4O9/c1-8-42(55)22-27-23-45(40(53)58-6,36-29(15-19-50(24-27)25-42)28-13-10-11-14-32(28)48-36)31-21-30-34(33(47)35(31)57-5)49(4)38-44(30)17-20-51-18-12-16-43(9-2,37(44)51)39(60-26(3)52)46(38,56)41(54)59-7/h10-14,16,21,27,37-39,48,55-56H,8-9,15,17-20,22-25H2,1-7H3/t27-,37-,38-,39-,42+,43-,44-,45+,46+/m1/s1. The summed E-state index contributed by atoms with van der Waals surface area (Å²) < 4.78 is 23.9. The zero-order valence-corrected chi connectivity index (χ0v) is 36.4. The molecule has 322 valence electrons. The van der Waals surface area contributed by atoms with Crippen LogP contribution in [0.1, 0.15) is 75.3 Å². The molecule has 9 rings (SSSR count). The molecule has 60 heavy (non-hydrogen) atoms. The van der Waals surface area contributed by atoms with Crippen LogP contribution in [-0.2, 0) is 45.8 Å². The highest BCUT2D eigenvalue weighted by atomic mass is 35.5. The Morgan fingerprint density at radius 2 is 1.73 bits per heavy atom. The van der Waals surface area contributed by atoms with Crippen molar-refractivity contribution in [2.24, 2.45) is 11.3 Å². The number of aromatic amines is 1. The third-order valence-corrected chi connectivity index (χ3v) is 16.0. The minimum atomic E-state index is -2.37. The second-order valence-corrected chi connectivity index (χ2v) is 18.7. The van der Waals surface area contributed by atoms with Crippen molar-refractivity contribution in [2.75, 3.05) is 66.0 Å². The zero-order valence-electron chi connectivity index (χ0n) is 35.6. The van der Waals surface area contributed by atoms with Gasteiger partial charge in [-0.1, -0.05) is 55.8 Å². The number of likely N-dealkylation sites (N-methyl/N-ethyl adjacent to an activating group) is 1. The first-order chi connectivity index (χ1) is 28.6. The quantitative estimate of drug-likeness (QED) is 0.173. The number of methoxy groups -OCH3 is 3. The van der Waals surface area contributed by atoms with Crippen molar-refractivity contribution in [3.05, 3.63) is 69.9 Å². The van der Waals surface area contributed by atoms with Gasteiger partial charge in [0.1, 0.15) is 16.2 Å². The molecule has 13 nitrogen and oxygen atoms in total. The van der Waals surface area contributed by atoms with Crippen LogP contribution in [0.3, 0.4) is 0 Å². The van der Waals surface area contributed by atoms with Gasteiger partial charge in [-0.2, -0.15) is 0 Å². The Morgan fingerprint density at radius 3 is 2.42 bits per heavy atom. The van der Waals surface area contributed by atoms with Gasteiger partial charge in [-0.15, -0.1) is 0 Å². The molecule has 6 aliphatic rings. The van der Waals surface area contributed by atoms with Crippen LogP contribution in [0, 0.1) is 11.3 Å². The molecule has 2 aromatic carbocycles. The number of carbonyl (C=O) groups excluding carboxylic acids is 3. The summed E-state index contributed by atoms with van der Waals surface area (Å²) in [6.45, 7) is 8.41. The van der Waals surface area contributed by atoms with Gasteiger partial charge in [-0.3, -0.25) is 19.4 Å². The first-order valence-electron chi connectivity index (χ1n) is 21.3. The van der Waals surface area contributed by atoms with E-state index in [4.69, 9.17) is 30.5 Å². The lowest BCUT2D eigenvalue weighted by atomic mass is 9.47. The average Bonchev–Trinajstić information content (AvgIpc) is 3.90. The van der Waals surface area contributed by atoms with Crippen molar-refractivity contribution in [3.63, 3.8) is 0 Å². The molecule has 0 radical (unpaired) electrons. The highest BCUT2D eigenvalue weighted by molar-refractivity contribution is 6.35. The monoisotopic (exact) mass is 844 g/mol. The summed E-state index contributed by atoms with van der Waals surface area (Å²) in [5, 5.41) is 26.6. The molecule has 1 aliphatic carbocycles. The molecule has 14 heteroatoms. The number of hydrogen-bond donors (Lipinski definition) is 3. The van der Waals surface area contributed by atoms with E-state index in [9.17, 15) is 19.8 Å². The Kier molecular flexibility index (Phi) is 9.76. The number of ether oxygens (including phenoxy) is 4. The van der Waals surface area contributed by atoms with Crippen LogP contribution >= 0.6 is 11.6 Å². The number of H-pyrrole nitrogens is 1. The van der Waals surface area contributed by atoms with Gasteiger partial charge in [0.05, 0.1) is 38.7 Å². The van der Waals surface area contributed by atoms with Crippen molar-refractivity contribution in [1.29, 1.82) is 0 Å². The third kappa shape index (κ3) is 5.22. The lowest BCUT2D eigenvalue weighted by Gasteiger charge is -2.63. The number of aromatic nitrogens is 1. The lowest BCUT2D eigenvalue weighted by Crippen LogP contribution is -2.81. The van der Waals surface area contributed by atoms with Crippen molar-refractivity contribution < 1.29 is 43.5 Å². The summed E-state index contributed by atoms with van der Waals surface area (Å²) in [6.07, 6.45) is 5.61. The number of fused-ring (bicyclic) bond motifs is 6. The molecule has 3 fully saturated rings. The van der Waals surface area contributed by atoms with Crippen molar-refractivity contribution in [2.45, 2.75) is 99.5 Å². The van der Waals surface area contributed by atoms with Gasteiger partial charge in [0.15, 0.2) is 6.10 Å². The number of piperidine rings is 1. The molecular formula is C46H57ClN4O9. The van der Waals surface area contributed by atoms with E-state index in [2.05, 4.69) is 20.9 Å². The lowest BCUT2D eigenvalue weighted by molar-refractivity contribution is -0.228. The molecular weight excluding hydrogens is 788 g/mol. The fourth-order valence-corrected chi connectivity index (χ4v) is 14.0. The highest BCUT2D eigenvalue weighted by Crippen LogP contribution is 2.69. The third-order valence-electron chi connectivity index (χ3n) is 15.7. The van der Waals surface area contributed by atoms with Gasteiger partial charge in [-0.25, -0.2) is 4.79 Å². The number of para-hydroxylation sites is 1. The fraction of sp³-hybridized carbons (Fsp3) is 0.587. The van der Waals surface area contributed by atoms with Crippen LogP contribution in [0.4, 0.5) is 5.69 Å². The van der Waals surface area contributed by atoms with E-state index in [1.54, 1.807) is 7.05 Å². The summed E-state index contributed by atoms with van der Waals surface area (Å²) in [6, 6.07) is 8.71. The first-order valence-corrected chi connectivity index (χ1v) is 21.7. The molecule has 3 aromatic rings. The van der Waals surface area contributed by atoms with Gasteiger partial charge >= 0.3 is 17.9 Å². The second kappa shape index (κ2) is 14.2. The van der Waals surface area contributed by atoms with Crippen molar-refractivity contribution in [1.82, 2.24) is 14.8 Å². The topological polar surface area (TPSA) is 154 Å². The minimum absolute atomic E-state index is 0.146. The SMILES string of the molecule is CC[C@]1(O)C[C@H]2CN(CCc3c([nH]c4ccccc34)[C@@](C(=O)OC)(c3cc4c(c(Cl)c3OC)N(C)[C@H]3[C@@](O)(C(=O)OC)[C@H](OC(C)=O)[C@]5(CC)C=CCN6CC[C@]43[C@H]65)C2)C1. The number of hydrogen-bond acceptors (Lipinski definition) is 12. The summed E-state index contributed by atoms with van der Waals surface area (Å²) in [5.41, 5.74) is -2.50. The Labute approximate surface area is 355 Å². The van der Waals surface area contributed by atoms with E-state index in [1.807, 2.05) is 55.2 Å². The van der Waals surface area contributed by atoms with E-state index in [0.717, 1.165) is 22.0 Å². The number of halogens is 1. The van der Waals surface area contributed by atoms with E-state index >= 15 is 4.79 Å². The van der Waals surface area contributed by atoms with Crippen LogP contribution in [-0.4, -0.2) is 133 Å². The Morgan fingerprint density at radius 1 is 0.983 bits per heavy atom. The summed E-state index contributed by atoms with van der Waals surface area (Å²) in [5.74, 6) is -1.92. The molecule has 2 saturated heterocycles. The van der Waals surface area contributed by atoms with Gasteiger partial charge in [0.25, 0.3) is 0 Å². The van der Waals surface area contributed by atoms with Gasteiger partial charge in [-0.05, 0) is 74.2 Å². The van der Waals surface area contributed by atoms with Crippen LogP contribution in [0.15, 0.2) is 42.5 Å². The fourth-order valence-electron chi connectivity index (χ4n) is 13.6. The number of benzene rings is 2. The van der Waals surface area contributed by atoms with E-state index in [-0.39, 0.29) is 29.2 Å². The van der Waals surface area contributed by atoms with Crippen LogP contribution in [0.25, 0.3) is 10.9 Å². The van der Waals surface area contributed by atoms with Crippen molar-refractivity contribution >= 4 is 46.1 Å². The number of carbonyl (C=O) groups is 3. The molecule has 3 N–H and O–H groups in total. The van der Waals surface area contributed by atoms with Gasteiger partial charge in [0.2, 0.25) is 5.60 Å². The predicted molar refractivity (Wildman–Crippen MR) is 225 cm³/mol. The van der Waals surface area contributed by atoms with Crippen LogP contribution in [0.5, 0.6) is 5.75 Å². The maximum atomic E-state index is 15.4. The number of nitrogens with zero attached hydrogens (tertiary/aromatic N) is 3. The van der Waals surface area contributed by atoms with Gasteiger partial charge in [0, 0.05) is 79.2 Å². The number of nitrogens with one attached hydrogen (secondary N) is 1. The molecule has 1 saturated carbocycles. The summed E-state index contributed by atoms with van der Waals surface area (Å²) in [4.78, 5) is 53.1. The number of rotatable bonds is 7. The van der Waals surface area contributed by atoms with Crippen molar-refractivity contribution in [3.8, 4) is 5.75 Å². The molecule has 1 unspecified atom stereocenters. The normalized spacial score (nSPS) is 36.6. The Balaban J connectivity index is 1.39. The highest BCUT2D eigenvalue weighted by Gasteiger charge is 2.80. The first kappa shape index (κ1) is 41.2. The smallest absolute Gasteiger partial charge is 0.344 e. The molecule has 0 amide bonds. The average molecular weight is 845 g/mol. The van der Waals surface area contributed by atoms with Gasteiger partial charge < -0.3 is 39.0 Å². The van der Waals surface area contributed by atoms with Crippen LogP contribution < -0.4 is 9.64 Å². The molecule has 10 atom stereocenters. The minimum Gasteiger partial charge on any atom is -0.495 e. The molecule has 1 aromatic heterocycles. The summed E-state index contributed by atoms with van der Waals surface area (Å²) in [7, 11) is 5.98. The Hall–Kier alpha value is -4.14. The van der Waals surface area contributed by atoms with E-state index in [0.29, 0.717) is 81.8 Å². The number of anilines is 1.